The highest BCUT2D eigenvalue weighted by Gasteiger charge is 2.30. The van der Waals surface area contributed by atoms with Crippen molar-refractivity contribution in [1.82, 2.24) is 4.31 Å². The summed E-state index contributed by atoms with van der Waals surface area (Å²) in [4.78, 5) is 0. The molecule has 3 heteroatoms. The maximum atomic E-state index is 5.97. The van der Waals surface area contributed by atoms with Crippen molar-refractivity contribution in [2.75, 3.05) is 0 Å². The van der Waals surface area contributed by atoms with Gasteiger partial charge in [0, 0.05) is 17.4 Å². The maximum Gasteiger partial charge on any atom is 0.0491 e. The second kappa shape index (κ2) is 9.38. The zero-order chi connectivity index (χ0) is 14.8. The second-order valence-corrected chi connectivity index (χ2v) is 7.00. The molecule has 0 aliphatic carbocycles. The van der Waals surface area contributed by atoms with Crippen molar-refractivity contribution in [3.63, 3.8) is 0 Å². The predicted molar refractivity (Wildman–Crippen MR) is 92.1 cm³/mol. The average Bonchev–Trinajstić information content (AvgIpc) is 2.44. The first-order valence-corrected chi connectivity index (χ1v) is 9.06. The topological polar surface area (TPSA) is 29.3 Å². The highest BCUT2D eigenvalue weighted by molar-refractivity contribution is 8.00. The van der Waals surface area contributed by atoms with Crippen LogP contribution in [-0.4, -0.2) is 9.84 Å². The van der Waals surface area contributed by atoms with Gasteiger partial charge in [-0.3, -0.25) is 0 Å². The van der Waals surface area contributed by atoms with Crippen LogP contribution < -0.4 is 5.73 Å². The fraction of sp³-hybridized carbons (Fsp3) is 0.765. The highest BCUT2D eigenvalue weighted by atomic mass is 32.2. The first kappa shape index (κ1) is 17.5. The molecule has 0 aromatic carbocycles. The number of unbranched alkanes of at least 4 members (excludes halogenated alkanes) is 5. The number of rotatable bonds is 10. The lowest BCUT2D eigenvalue weighted by atomic mass is 9.88. The van der Waals surface area contributed by atoms with Crippen molar-refractivity contribution < 1.29 is 0 Å². The summed E-state index contributed by atoms with van der Waals surface area (Å²) in [6.45, 7) is 6.95. The summed E-state index contributed by atoms with van der Waals surface area (Å²) < 4.78 is 2.39. The van der Waals surface area contributed by atoms with Crippen LogP contribution in [0.25, 0.3) is 0 Å². The summed E-state index contributed by atoms with van der Waals surface area (Å²) in [7, 11) is 0. The lowest BCUT2D eigenvalue weighted by Crippen LogP contribution is -2.39. The van der Waals surface area contributed by atoms with Gasteiger partial charge in [-0.25, -0.2) is 0 Å². The van der Waals surface area contributed by atoms with E-state index in [2.05, 4.69) is 36.7 Å². The lowest BCUT2D eigenvalue weighted by Gasteiger charge is -2.41. The Labute approximate surface area is 130 Å². The van der Waals surface area contributed by atoms with E-state index in [0.29, 0.717) is 0 Å². The maximum absolute atomic E-state index is 5.97. The third kappa shape index (κ3) is 5.82. The first-order valence-electron chi connectivity index (χ1n) is 8.22. The lowest BCUT2D eigenvalue weighted by molar-refractivity contribution is 0.230. The van der Waals surface area contributed by atoms with Crippen LogP contribution in [0, 0.1) is 0 Å². The summed E-state index contributed by atoms with van der Waals surface area (Å²) in [5, 5.41) is 2.11. The smallest absolute Gasteiger partial charge is 0.0491 e. The van der Waals surface area contributed by atoms with Crippen molar-refractivity contribution in [2.45, 2.75) is 84.1 Å². The molecule has 2 nitrogen and oxygen atoms in total. The number of nitrogens with two attached hydrogens (primary N) is 1. The van der Waals surface area contributed by atoms with Crippen molar-refractivity contribution in [3.8, 4) is 0 Å². The second-order valence-electron chi connectivity index (χ2n) is 6.13. The Hall–Kier alpha value is -0.570. The number of hydrogen-bond acceptors (Lipinski definition) is 3. The summed E-state index contributed by atoms with van der Waals surface area (Å²) in [6, 6.07) is 0. The summed E-state index contributed by atoms with van der Waals surface area (Å²) >= 11 is 1.79. The minimum Gasteiger partial charge on any atom is -0.398 e. The molecule has 20 heavy (non-hydrogen) atoms. The largest absolute Gasteiger partial charge is 0.398 e. The molecular weight excluding hydrogens is 264 g/mol. The molecule has 0 radical (unpaired) electrons. The molecule has 1 aliphatic rings. The third-order valence-corrected chi connectivity index (χ3v) is 5.15. The van der Waals surface area contributed by atoms with Gasteiger partial charge in [0.2, 0.25) is 0 Å². The molecule has 1 atom stereocenters. The molecule has 1 rings (SSSR count). The summed E-state index contributed by atoms with van der Waals surface area (Å²) in [5.74, 6) is 0. The molecular formula is C17H32N2S. The zero-order valence-corrected chi connectivity index (χ0v) is 14.3. The Morgan fingerprint density at radius 2 is 1.65 bits per heavy atom. The molecule has 0 saturated heterocycles. The number of hydrogen-bond donors (Lipinski definition) is 1. The van der Waals surface area contributed by atoms with Crippen LogP contribution in [0.3, 0.4) is 0 Å². The van der Waals surface area contributed by atoms with Gasteiger partial charge in [-0.05, 0) is 43.2 Å². The molecule has 0 spiro atoms. The number of nitrogens with zero attached hydrogens (tertiary/aromatic N) is 1. The van der Waals surface area contributed by atoms with Crippen molar-refractivity contribution in [2.24, 2.45) is 5.73 Å². The first-order chi connectivity index (χ1) is 9.62. The van der Waals surface area contributed by atoms with Gasteiger partial charge in [0.15, 0.2) is 0 Å². The van der Waals surface area contributed by atoms with Gasteiger partial charge in [-0.2, -0.15) is 0 Å². The van der Waals surface area contributed by atoms with Gasteiger partial charge in [0.05, 0.1) is 0 Å². The van der Waals surface area contributed by atoms with Crippen LogP contribution in [-0.2, 0) is 0 Å². The van der Waals surface area contributed by atoms with Gasteiger partial charge in [0.1, 0.15) is 0 Å². The van der Waals surface area contributed by atoms with E-state index in [1.807, 2.05) is 6.08 Å². The predicted octanol–water partition coefficient (Wildman–Crippen LogP) is 5.57. The van der Waals surface area contributed by atoms with Crippen molar-refractivity contribution >= 4 is 11.9 Å². The van der Waals surface area contributed by atoms with Crippen molar-refractivity contribution in [1.29, 1.82) is 0 Å². The Kier molecular flexibility index (Phi) is 8.20. The van der Waals surface area contributed by atoms with Crippen LogP contribution >= 0.6 is 11.9 Å². The van der Waals surface area contributed by atoms with Crippen LogP contribution in [0.5, 0.6) is 0 Å². The molecule has 1 aliphatic heterocycles. The van der Waals surface area contributed by atoms with E-state index in [-0.39, 0.29) is 5.54 Å². The normalized spacial score (nSPS) is 17.9. The monoisotopic (exact) mass is 296 g/mol. The standard InChI is InChI=1S/C17H32N2S/c1-4-6-8-10-13-17(3,12-9-7-5-2)19-15-16(18)11-14-20-19/h11,14-15H,4-10,12-13,18H2,1-3H3. The van der Waals surface area contributed by atoms with Crippen LogP contribution in [0.4, 0.5) is 0 Å². The Morgan fingerprint density at radius 1 is 1.05 bits per heavy atom. The summed E-state index contributed by atoms with van der Waals surface area (Å²) in [5.41, 5.74) is 7.09. The quantitative estimate of drug-likeness (QED) is 0.422. The van der Waals surface area contributed by atoms with Gasteiger partial charge >= 0.3 is 0 Å². The molecule has 2 N–H and O–H groups in total. The molecule has 0 fully saturated rings. The average molecular weight is 297 g/mol. The third-order valence-electron chi connectivity index (χ3n) is 4.12. The van der Waals surface area contributed by atoms with Gasteiger partial charge in [0.25, 0.3) is 0 Å². The molecule has 0 aromatic rings. The van der Waals surface area contributed by atoms with E-state index in [1.54, 1.807) is 11.9 Å². The molecule has 0 amide bonds. The molecule has 0 aromatic heterocycles. The fourth-order valence-electron chi connectivity index (χ4n) is 2.70. The van der Waals surface area contributed by atoms with E-state index in [9.17, 15) is 0 Å². The molecule has 116 valence electrons. The zero-order valence-electron chi connectivity index (χ0n) is 13.5. The Bertz CT molecular complexity index is 325. The fourth-order valence-corrected chi connectivity index (χ4v) is 3.67. The minimum atomic E-state index is 0.239. The Morgan fingerprint density at radius 3 is 2.25 bits per heavy atom. The van der Waals surface area contributed by atoms with Crippen LogP contribution in [0.1, 0.15) is 78.6 Å². The molecule has 0 saturated carbocycles. The SMILES string of the molecule is CCCCCCC(C)(CCCCC)N1C=C(N)C=CS1. The van der Waals surface area contributed by atoms with E-state index in [4.69, 9.17) is 5.73 Å². The van der Waals surface area contributed by atoms with E-state index in [1.165, 1.54) is 57.8 Å². The van der Waals surface area contributed by atoms with E-state index in [0.717, 1.165) is 5.70 Å². The minimum absolute atomic E-state index is 0.239. The van der Waals surface area contributed by atoms with Crippen LogP contribution in [0.15, 0.2) is 23.4 Å². The van der Waals surface area contributed by atoms with Gasteiger partial charge < -0.3 is 10.0 Å². The molecule has 1 heterocycles. The highest BCUT2D eigenvalue weighted by Crippen LogP contribution is 2.36. The molecule has 0 bridgehead atoms. The number of allylic oxidation sites excluding steroid dienone is 1. The van der Waals surface area contributed by atoms with E-state index < -0.39 is 0 Å². The van der Waals surface area contributed by atoms with Crippen LogP contribution in [0.2, 0.25) is 0 Å². The van der Waals surface area contributed by atoms with Crippen molar-refractivity contribution in [3.05, 3.63) is 23.4 Å². The Balaban J connectivity index is 2.59. The molecule has 1 unspecified atom stereocenters. The van der Waals surface area contributed by atoms with E-state index >= 15 is 0 Å². The van der Waals surface area contributed by atoms with Gasteiger partial charge in [-0.1, -0.05) is 58.8 Å². The summed E-state index contributed by atoms with van der Waals surface area (Å²) in [6.07, 6.45) is 15.9. The van der Waals surface area contributed by atoms with Gasteiger partial charge in [-0.15, -0.1) is 0 Å².